The third-order valence-electron chi connectivity index (χ3n) is 5.23. The number of benzene rings is 2. The van der Waals surface area contributed by atoms with Gasteiger partial charge < -0.3 is 4.90 Å². The zero-order chi connectivity index (χ0) is 20.1. The van der Waals surface area contributed by atoms with Crippen molar-refractivity contribution in [3.63, 3.8) is 0 Å². The van der Waals surface area contributed by atoms with E-state index in [9.17, 15) is 13.2 Å². The maximum Gasteiger partial charge on any atom is 0.254 e. The Kier molecular flexibility index (Phi) is 6.52. The smallest absolute Gasteiger partial charge is 0.254 e. The summed E-state index contributed by atoms with van der Waals surface area (Å²) in [5.74, 6) is 0.295. The van der Waals surface area contributed by atoms with Crippen LogP contribution in [-0.4, -0.2) is 31.8 Å². The molecule has 2 aromatic rings. The van der Waals surface area contributed by atoms with Gasteiger partial charge in [0.15, 0.2) is 0 Å². The van der Waals surface area contributed by atoms with Crippen molar-refractivity contribution in [2.24, 2.45) is 5.92 Å². The molecule has 2 aromatic carbocycles. The first-order chi connectivity index (χ1) is 13.4. The maximum absolute atomic E-state index is 13.2. The maximum atomic E-state index is 13.2. The molecule has 1 fully saturated rings. The molecule has 5 nitrogen and oxygen atoms in total. The predicted molar refractivity (Wildman–Crippen MR) is 110 cm³/mol. The molecule has 0 spiro atoms. The lowest BCUT2D eigenvalue weighted by Crippen LogP contribution is -2.38. The van der Waals surface area contributed by atoms with Gasteiger partial charge in [-0.2, -0.15) is 0 Å². The Bertz CT molecular complexity index is 908. The number of carbonyl (C=O) groups excluding carboxylic acids is 1. The lowest BCUT2D eigenvalue weighted by Gasteiger charge is -2.29. The molecule has 0 radical (unpaired) electrons. The topological polar surface area (TPSA) is 66.5 Å². The molecule has 1 N–H and O–H groups in total. The third kappa shape index (κ3) is 5.20. The number of rotatable bonds is 9. The van der Waals surface area contributed by atoms with Crippen molar-refractivity contribution in [1.82, 2.24) is 9.62 Å². The van der Waals surface area contributed by atoms with Crippen LogP contribution in [-0.2, 0) is 16.6 Å². The normalized spacial score (nSPS) is 15.2. The minimum Gasteiger partial charge on any atom is -0.332 e. The van der Waals surface area contributed by atoms with Gasteiger partial charge in [0.25, 0.3) is 5.91 Å². The summed E-state index contributed by atoms with van der Waals surface area (Å²) < 4.78 is 27.8. The van der Waals surface area contributed by atoms with Crippen LogP contribution in [0.15, 0.2) is 59.5 Å². The summed E-state index contributed by atoms with van der Waals surface area (Å²) >= 11 is 0. The fourth-order valence-corrected chi connectivity index (χ4v) is 4.18. The van der Waals surface area contributed by atoms with Crippen LogP contribution in [0.25, 0.3) is 0 Å². The molecule has 1 atom stereocenters. The van der Waals surface area contributed by atoms with Gasteiger partial charge >= 0.3 is 0 Å². The fraction of sp³-hybridized carbons (Fsp3) is 0.409. The lowest BCUT2D eigenvalue weighted by atomic mass is 10.1. The van der Waals surface area contributed by atoms with E-state index in [0.29, 0.717) is 24.6 Å². The molecule has 0 heterocycles. The fourth-order valence-electron chi connectivity index (χ4n) is 3.02. The van der Waals surface area contributed by atoms with E-state index in [1.165, 1.54) is 12.1 Å². The first kappa shape index (κ1) is 20.6. The molecule has 150 valence electrons. The minimum atomic E-state index is -3.60. The molecule has 1 aliphatic carbocycles. The molecule has 0 saturated heterocycles. The number of amides is 1. The van der Waals surface area contributed by atoms with Gasteiger partial charge in [-0.15, -0.1) is 0 Å². The molecule has 3 rings (SSSR count). The van der Waals surface area contributed by atoms with E-state index >= 15 is 0 Å². The van der Waals surface area contributed by atoms with Crippen LogP contribution >= 0.6 is 0 Å². The van der Waals surface area contributed by atoms with Crippen LogP contribution < -0.4 is 4.72 Å². The van der Waals surface area contributed by atoms with Gasteiger partial charge in [0, 0.05) is 24.7 Å². The highest BCUT2D eigenvalue weighted by molar-refractivity contribution is 7.89. The molecule has 28 heavy (non-hydrogen) atoms. The highest BCUT2D eigenvalue weighted by atomic mass is 32.2. The van der Waals surface area contributed by atoms with Crippen molar-refractivity contribution in [3.8, 4) is 0 Å². The Morgan fingerprint density at radius 3 is 2.50 bits per heavy atom. The number of nitrogens with one attached hydrogen (secondary N) is 1. The minimum absolute atomic E-state index is 0.0426. The second kappa shape index (κ2) is 8.88. The van der Waals surface area contributed by atoms with Gasteiger partial charge in [0.1, 0.15) is 0 Å². The summed E-state index contributed by atoms with van der Waals surface area (Å²) in [6.45, 7) is 5.01. The monoisotopic (exact) mass is 400 g/mol. The van der Waals surface area contributed by atoms with E-state index in [1.54, 1.807) is 17.0 Å². The summed E-state index contributed by atoms with van der Waals surface area (Å²) in [4.78, 5) is 15.2. The van der Waals surface area contributed by atoms with Gasteiger partial charge in [-0.05, 0) is 55.9 Å². The molecule has 1 aliphatic rings. The average molecular weight is 401 g/mol. The standard InChI is InChI=1S/C22H28N2O3S/c1-3-17(2)24(16-19-8-5-4-6-9-19)22(25)20-10-7-11-21(14-20)28(26,27)23-15-18-12-13-18/h4-11,14,17-18,23H,3,12-13,15-16H2,1-2H3. The first-order valence-corrected chi connectivity index (χ1v) is 11.3. The van der Waals surface area contributed by atoms with E-state index in [4.69, 9.17) is 0 Å². The molecule has 0 bridgehead atoms. The SMILES string of the molecule is CCC(C)N(Cc1ccccc1)C(=O)c1cccc(S(=O)(=O)NCC2CC2)c1. The molecular weight excluding hydrogens is 372 g/mol. The van der Waals surface area contributed by atoms with Crippen molar-refractivity contribution in [1.29, 1.82) is 0 Å². The van der Waals surface area contributed by atoms with Crippen molar-refractivity contribution in [3.05, 3.63) is 65.7 Å². The molecule has 0 aliphatic heterocycles. The van der Waals surface area contributed by atoms with Crippen LogP contribution in [0, 0.1) is 5.92 Å². The Morgan fingerprint density at radius 2 is 1.86 bits per heavy atom. The van der Waals surface area contributed by atoms with E-state index in [0.717, 1.165) is 24.8 Å². The van der Waals surface area contributed by atoms with Gasteiger partial charge in [-0.1, -0.05) is 43.3 Å². The molecule has 0 aromatic heterocycles. The van der Waals surface area contributed by atoms with Gasteiger partial charge in [-0.25, -0.2) is 13.1 Å². The number of carbonyl (C=O) groups is 1. The second-order valence-corrected chi connectivity index (χ2v) is 9.27. The van der Waals surface area contributed by atoms with Gasteiger partial charge in [-0.3, -0.25) is 4.79 Å². The largest absolute Gasteiger partial charge is 0.332 e. The predicted octanol–water partition coefficient (Wildman–Crippen LogP) is 3.82. The van der Waals surface area contributed by atoms with Gasteiger partial charge in [0.2, 0.25) is 10.0 Å². The lowest BCUT2D eigenvalue weighted by molar-refractivity contribution is 0.0671. The van der Waals surface area contributed by atoms with Crippen molar-refractivity contribution >= 4 is 15.9 Å². The van der Waals surface area contributed by atoms with Crippen molar-refractivity contribution in [2.45, 2.75) is 50.6 Å². The number of hydrogen-bond donors (Lipinski definition) is 1. The Balaban J connectivity index is 1.82. The summed E-state index contributed by atoms with van der Waals surface area (Å²) in [5, 5.41) is 0. The third-order valence-corrected chi connectivity index (χ3v) is 6.65. The Labute approximate surface area is 167 Å². The average Bonchev–Trinajstić information content (AvgIpc) is 3.55. The molecule has 1 saturated carbocycles. The van der Waals surface area contributed by atoms with E-state index < -0.39 is 10.0 Å². The van der Waals surface area contributed by atoms with E-state index in [-0.39, 0.29) is 16.8 Å². The van der Waals surface area contributed by atoms with E-state index in [2.05, 4.69) is 4.72 Å². The van der Waals surface area contributed by atoms with Gasteiger partial charge in [0.05, 0.1) is 4.90 Å². The van der Waals surface area contributed by atoms with E-state index in [1.807, 2.05) is 44.2 Å². The van der Waals surface area contributed by atoms with Crippen LogP contribution in [0.2, 0.25) is 0 Å². The zero-order valence-corrected chi connectivity index (χ0v) is 17.3. The zero-order valence-electron chi connectivity index (χ0n) is 16.5. The van der Waals surface area contributed by atoms with Crippen molar-refractivity contribution < 1.29 is 13.2 Å². The molecule has 1 unspecified atom stereocenters. The second-order valence-electron chi connectivity index (χ2n) is 7.50. The number of nitrogens with zero attached hydrogens (tertiary/aromatic N) is 1. The Hall–Kier alpha value is -2.18. The highest BCUT2D eigenvalue weighted by Crippen LogP contribution is 2.28. The van der Waals surface area contributed by atoms with Crippen LogP contribution in [0.5, 0.6) is 0 Å². The van der Waals surface area contributed by atoms with Crippen LogP contribution in [0.1, 0.15) is 49.0 Å². The summed E-state index contributed by atoms with van der Waals surface area (Å²) in [5.41, 5.74) is 1.44. The van der Waals surface area contributed by atoms with Crippen LogP contribution in [0.4, 0.5) is 0 Å². The number of sulfonamides is 1. The molecule has 6 heteroatoms. The number of hydrogen-bond acceptors (Lipinski definition) is 3. The summed E-state index contributed by atoms with van der Waals surface area (Å²) in [6, 6.07) is 16.2. The molecule has 1 amide bonds. The quantitative estimate of drug-likeness (QED) is 0.696. The van der Waals surface area contributed by atoms with Crippen molar-refractivity contribution in [2.75, 3.05) is 6.54 Å². The highest BCUT2D eigenvalue weighted by Gasteiger charge is 2.26. The first-order valence-electron chi connectivity index (χ1n) is 9.85. The Morgan fingerprint density at radius 1 is 1.14 bits per heavy atom. The summed E-state index contributed by atoms with van der Waals surface area (Å²) in [6.07, 6.45) is 2.97. The molecular formula is C22H28N2O3S. The van der Waals surface area contributed by atoms with Crippen LogP contribution in [0.3, 0.4) is 0 Å². The summed E-state index contributed by atoms with van der Waals surface area (Å²) in [7, 11) is -3.60.